The van der Waals surface area contributed by atoms with E-state index < -0.39 is 12.0 Å². The fraction of sp³-hybridized carbons (Fsp3) is 0.571. The molecule has 0 aromatic carbocycles. The Bertz CT molecular complexity index is 495. The lowest BCUT2D eigenvalue weighted by Crippen LogP contribution is -2.47. The van der Waals surface area contributed by atoms with Gasteiger partial charge in [-0.15, -0.1) is 11.3 Å². The molecule has 1 aromatic heterocycles. The molecule has 1 N–H and O–H groups in total. The second kappa shape index (κ2) is 5.74. The third-order valence-corrected chi connectivity index (χ3v) is 4.74. The summed E-state index contributed by atoms with van der Waals surface area (Å²) in [6.07, 6.45) is 3.23. The number of hydrogen-bond acceptors (Lipinski definition) is 3. The third kappa shape index (κ3) is 2.81. The maximum atomic E-state index is 12.5. The summed E-state index contributed by atoms with van der Waals surface area (Å²) in [5, 5.41) is 9.22. The Labute approximate surface area is 117 Å². The number of thiophene rings is 1. The molecule has 1 aliphatic heterocycles. The lowest BCUT2D eigenvalue weighted by molar-refractivity contribution is -0.143. The van der Waals surface area contributed by atoms with E-state index in [1.165, 1.54) is 21.8 Å². The molecule has 2 heterocycles. The standard InChI is InChI=1S/C14H19NO3S/c1-3-10-8-12(19-9(10)2)13(16)15-7-5-4-6-11(15)14(17)18/h8,11H,3-7H2,1-2H3,(H,17,18). The molecule has 4 nitrogen and oxygen atoms in total. The summed E-state index contributed by atoms with van der Waals surface area (Å²) in [7, 11) is 0. The van der Waals surface area contributed by atoms with Crippen molar-refractivity contribution in [2.75, 3.05) is 6.54 Å². The van der Waals surface area contributed by atoms with E-state index >= 15 is 0 Å². The van der Waals surface area contributed by atoms with Crippen LogP contribution >= 0.6 is 11.3 Å². The Morgan fingerprint density at radius 1 is 1.47 bits per heavy atom. The van der Waals surface area contributed by atoms with E-state index in [0.717, 1.165) is 24.1 Å². The van der Waals surface area contributed by atoms with Gasteiger partial charge in [0.05, 0.1) is 4.88 Å². The van der Waals surface area contributed by atoms with Crippen LogP contribution in [0, 0.1) is 6.92 Å². The first-order valence-electron chi connectivity index (χ1n) is 6.67. The number of nitrogens with zero attached hydrogens (tertiary/aromatic N) is 1. The van der Waals surface area contributed by atoms with Gasteiger partial charge in [0.2, 0.25) is 0 Å². The van der Waals surface area contributed by atoms with Gasteiger partial charge in [-0.25, -0.2) is 4.79 Å². The predicted molar refractivity (Wildman–Crippen MR) is 74.7 cm³/mol. The summed E-state index contributed by atoms with van der Waals surface area (Å²) in [5.74, 6) is -1.02. The van der Waals surface area contributed by atoms with Crippen molar-refractivity contribution in [3.05, 3.63) is 21.4 Å². The minimum absolute atomic E-state index is 0.125. The molecule has 0 bridgehead atoms. The molecule has 1 fully saturated rings. The van der Waals surface area contributed by atoms with Crippen LogP contribution in [0.15, 0.2) is 6.07 Å². The molecule has 1 unspecified atom stereocenters. The molecular weight excluding hydrogens is 262 g/mol. The van der Waals surface area contributed by atoms with Crippen LogP contribution in [0.3, 0.4) is 0 Å². The van der Waals surface area contributed by atoms with Crippen LogP contribution in [0.2, 0.25) is 0 Å². The molecule has 0 aliphatic carbocycles. The number of aliphatic carboxylic acids is 1. The molecular formula is C14H19NO3S. The molecule has 0 spiro atoms. The molecule has 0 saturated carbocycles. The van der Waals surface area contributed by atoms with Gasteiger partial charge in [0.1, 0.15) is 6.04 Å². The Hall–Kier alpha value is -1.36. The number of likely N-dealkylation sites (tertiary alicyclic amines) is 1. The summed E-state index contributed by atoms with van der Waals surface area (Å²) in [6, 6.07) is 1.25. The topological polar surface area (TPSA) is 57.6 Å². The summed E-state index contributed by atoms with van der Waals surface area (Å²) < 4.78 is 0. The van der Waals surface area contributed by atoms with Gasteiger partial charge < -0.3 is 10.0 Å². The quantitative estimate of drug-likeness (QED) is 0.926. The van der Waals surface area contributed by atoms with Crippen LogP contribution in [0.1, 0.15) is 46.3 Å². The minimum Gasteiger partial charge on any atom is -0.480 e. The number of amides is 1. The van der Waals surface area contributed by atoms with Crippen LogP contribution in [0.25, 0.3) is 0 Å². The molecule has 104 valence electrons. The lowest BCUT2D eigenvalue weighted by atomic mass is 10.0. The van der Waals surface area contributed by atoms with Crippen molar-refractivity contribution < 1.29 is 14.7 Å². The SMILES string of the molecule is CCc1cc(C(=O)N2CCCCC2C(=O)O)sc1C. The van der Waals surface area contributed by atoms with Crippen molar-refractivity contribution in [3.63, 3.8) is 0 Å². The number of carboxylic acids is 1. The van der Waals surface area contributed by atoms with Gasteiger partial charge in [-0.05, 0) is 44.2 Å². The Kier molecular flexibility index (Phi) is 4.24. The van der Waals surface area contributed by atoms with Crippen LogP contribution in [-0.4, -0.2) is 34.5 Å². The lowest BCUT2D eigenvalue weighted by Gasteiger charge is -2.32. The van der Waals surface area contributed by atoms with E-state index in [1.54, 1.807) is 0 Å². The van der Waals surface area contributed by atoms with E-state index in [2.05, 4.69) is 6.92 Å². The van der Waals surface area contributed by atoms with Gasteiger partial charge in [0.15, 0.2) is 0 Å². The predicted octanol–water partition coefficient (Wildman–Crippen LogP) is 2.70. The number of aryl methyl sites for hydroxylation is 2. The van der Waals surface area contributed by atoms with E-state index in [1.807, 2.05) is 13.0 Å². The average Bonchev–Trinajstić information content (AvgIpc) is 2.79. The monoisotopic (exact) mass is 281 g/mol. The Morgan fingerprint density at radius 2 is 2.21 bits per heavy atom. The molecule has 1 saturated heterocycles. The van der Waals surface area contributed by atoms with Crippen molar-refractivity contribution in [2.24, 2.45) is 0 Å². The maximum absolute atomic E-state index is 12.5. The van der Waals surface area contributed by atoms with Gasteiger partial charge in [-0.2, -0.15) is 0 Å². The van der Waals surface area contributed by atoms with Crippen LogP contribution < -0.4 is 0 Å². The molecule has 0 radical (unpaired) electrons. The zero-order valence-corrected chi connectivity index (χ0v) is 12.1. The van der Waals surface area contributed by atoms with Gasteiger partial charge in [0, 0.05) is 11.4 Å². The van der Waals surface area contributed by atoms with E-state index in [-0.39, 0.29) is 5.91 Å². The summed E-state index contributed by atoms with van der Waals surface area (Å²) in [6.45, 7) is 4.61. The van der Waals surface area contributed by atoms with Gasteiger partial charge in [-0.3, -0.25) is 4.79 Å². The van der Waals surface area contributed by atoms with E-state index in [4.69, 9.17) is 0 Å². The summed E-state index contributed by atoms with van der Waals surface area (Å²) in [4.78, 5) is 27.0. The van der Waals surface area contributed by atoms with Crippen molar-refractivity contribution in [3.8, 4) is 0 Å². The number of hydrogen-bond donors (Lipinski definition) is 1. The highest BCUT2D eigenvalue weighted by atomic mass is 32.1. The van der Waals surface area contributed by atoms with E-state index in [9.17, 15) is 14.7 Å². The first-order valence-corrected chi connectivity index (χ1v) is 7.49. The highest BCUT2D eigenvalue weighted by molar-refractivity contribution is 7.14. The maximum Gasteiger partial charge on any atom is 0.326 e. The number of carboxylic acid groups (broad SMARTS) is 1. The first-order chi connectivity index (χ1) is 9.04. The third-order valence-electron chi connectivity index (χ3n) is 3.66. The van der Waals surface area contributed by atoms with Gasteiger partial charge in [-0.1, -0.05) is 6.92 Å². The highest BCUT2D eigenvalue weighted by Gasteiger charge is 2.33. The average molecular weight is 281 g/mol. The fourth-order valence-electron chi connectivity index (χ4n) is 2.55. The second-order valence-corrected chi connectivity index (χ2v) is 6.15. The van der Waals surface area contributed by atoms with Crippen molar-refractivity contribution in [1.29, 1.82) is 0 Å². The largest absolute Gasteiger partial charge is 0.480 e. The number of carbonyl (C=O) groups excluding carboxylic acids is 1. The number of piperidine rings is 1. The van der Waals surface area contributed by atoms with Crippen LogP contribution in [-0.2, 0) is 11.2 Å². The van der Waals surface area contributed by atoms with Crippen molar-refractivity contribution in [2.45, 2.75) is 45.6 Å². The number of rotatable bonds is 3. The molecule has 1 aliphatic rings. The number of carbonyl (C=O) groups is 2. The Morgan fingerprint density at radius 3 is 2.79 bits per heavy atom. The molecule has 1 amide bonds. The van der Waals surface area contributed by atoms with Crippen molar-refractivity contribution in [1.82, 2.24) is 4.90 Å². The fourth-order valence-corrected chi connectivity index (χ4v) is 3.62. The zero-order chi connectivity index (χ0) is 14.0. The Balaban J connectivity index is 2.23. The smallest absolute Gasteiger partial charge is 0.326 e. The normalized spacial score (nSPS) is 19.5. The van der Waals surface area contributed by atoms with Gasteiger partial charge in [0.25, 0.3) is 5.91 Å². The van der Waals surface area contributed by atoms with Crippen molar-refractivity contribution >= 4 is 23.2 Å². The molecule has 2 rings (SSSR count). The molecule has 1 aromatic rings. The van der Waals surface area contributed by atoms with Crippen LogP contribution in [0.4, 0.5) is 0 Å². The highest BCUT2D eigenvalue weighted by Crippen LogP contribution is 2.26. The minimum atomic E-state index is -0.892. The molecule has 5 heteroatoms. The first kappa shape index (κ1) is 14.1. The summed E-state index contributed by atoms with van der Waals surface area (Å²) >= 11 is 1.47. The summed E-state index contributed by atoms with van der Waals surface area (Å²) in [5.41, 5.74) is 1.18. The second-order valence-electron chi connectivity index (χ2n) is 4.89. The van der Waals surface area contributed by atoms with Crippen LogP contribution in [0.5, 0.6) is 0 Å². The zero-order valence-electron chi connectivity index (χ0n) is 11.3. The van der Waals surface area contributed by atoms with E-state index in [0.29, 0.717) is 17.8 Å². The van der Waals surface area contributed by atoms with Gasteiger partial charge >= 0.3 is 5.97 Å². The molecule has 1 atom stereocenters. The molecule has 19 heavy (non-hydrogen) atoms.